The number of halogens is 3. The second-order valence-electron chi connectivity index (χ2n) is 6.30. The summed E-state index contributed by atoms with van der Waals surface area (Å²) in [6.45, 7) is 4.39. The van der Waals surface area contributed by atoms with Crippen molar-refractivity contribution in [2.24, 2.45) is 17.8 Å². The summed E-state index contributed by atoms with van der Waals surface area (Å²) in [5, 5.41) is 0. The van der Waals surface area contributed by atoms with Gasteiger partial charge in [-0.2, -0.15) is 13.2 Å². The van der Waals surface area contributed by atoms with Gasteiger partial charge in [0.25, 0.3) is 0 Å². The van der Waals surface area contributed by atoms with Crippen LogP contribution in [0.5, 0.6) is 0 Å². The molecule has 0 spiro atoms. The van der Waals surface area contributed by atoms with Gasteiger partial charge in [0.15, 0.2) is 5.78 Å². The molecule has 1 aromatic carbocycles. The zero-order valence-corrected chi connectivity index (χ0v) is 12.4. The van der Waals surface area contributed by atoms with Crippen LogP contribution < -0.4 is 0 Å². The first-order valence-corrected chi connectivity index (χ1v) is 7.50. The van der Waals surface area contributed by atoms with E-state index >= 15 is 0 Å². The Balaban J connectivity index is 2.01. The van der Waals surface area contributed by atoms with Crippen molar-refractivity contribution in [3.63, 3.8) is 0 Å². The van der Waals surface area contributed by atoms with E-state index in [9.17, 15) is 18.0 Å². The van der Waals surface area contributed by atoms with Crippen molar-refractivity contribution >= 4 is 5.78 Å². The number of carbonyl (C=O) groups is 1. The predicted molar refractivity (Wildman–Crippen MR) is 76.1 cm³/mol. The Kier molecular flexibility index (Phi) is 4.74. The van der Waals surface area contributed by atoms with E-state index in [1.54, 1.807) is 0 Å². The molecule has 1 aromatic rings. The highest BCUT2D eigenvalue weighted by atomic mass is 19.4. The number of carbonyl (C=O) groups excluding carboxylic acids is 1. The Morgan fingerprint density at radius 2 is 1.57 bits per heavy atom. The first-order valence-electron chi connectivity index (χ1n) is 7.50. The third-order valence-electron chi connectivity index (χ3n) is 4.58. The number of ketones is 1. The summed E-state index contributed by atoms with van der Waals surface area (Å²) in [5.74, 6) is 1.26. The topological polar surface area (TPSA) is 17.1 Å². The molecular formula is C17H21F3O. The third-order valence-corrected chi connectivity index (χ3v) is 4.58. The van der Waals surface area contributed by atoms with Gasteiger partial charge >= 0.3 is 6.18 Å². The highest BCUT2D eigenvalue weighted by Crippen LogP contribution is 2.35. The van der Waals surface area contributed by atoms with Gasteiger partial charge in [-0.15, -0.1) is 0 Å². The van der Waals surface area contributed by atoms with Gasteiger partial charge in [-0.05, 0) is 49.7 Å². The minimum Gasteiger partial charge on any atom is -0.294 e. The number of hydrogen-bond donors (Lipinski definition) is 0. The van der Waals surface area contributed by atoms with Crippen LogP contribution in [0.1, 0.15) is 55.5 Å². The van der Waals surface area contributed by atoms with Gasteiger partial charge < -0.3 is 0 Å². The van der Waals surface area contributed by atoms with Crippen molar-refractivity contribution in [1.82, 2.24) is 0 Å². The van der Waals surface area contributed by atoms with Crippen LogP contribution in [0.25, 0.3) is 0 Å². The van der Waals surface area contributed by atoms with Crippen molar-refractivity contribution in [3.05, 3.63) is 35.4 Å². The smallest absolute Gasteiger partial charge is 0.294 e. The summed E-state index contributed by atoms with van der Waals surface area (Å²) in [4.78, 5) is 12.4. The summed E-state index contributed by atoms with van der Waals surface area (Å²) >= 11 is 0. The van der Waals surface area contributed by atoms with Crippen LogP contribution in [0.4, 0.5) is 13.2 Å². The fourth-order valence-electron chi connectivity index (χ4n) is 3.11. The lowest BCUT2D eigenvalue weighted by Crippen LogP contribution is -2.24. The third kappa shape index (κ3) is 3.86. The summed E-state index contributed by atoms with van der Waals surface area (Å²) in [5.41, 5.74) is -0.307. The van der Waals surface area contributed by atoms with E-state index < -0.39 is 11.7 Å². The Bertz CT molecular complexity index is 480. The van der Waals surface area contributed by atoms with Crippen molar-refractivity contribution < 1.29 is 18.0 Å². The SMILES string of the molecule is CC(C)C1CCC(C(=O)c2ccc(C(F)(F)F)cc2)CC1. The molecule has 2 rings (SSSR count). The second kappa shape index (κ2) is 6.20. The maximum absolute atomic E-state index is 12.5. The van der Waals surface area contributed by atoms with Crippen molar-refractivity contribution in [3.8, 4) is 0 Å². The average molecular weight is 298 g/mol. The molecule has 1 aliphatic carbocycles. The number of rotatable bonds is 3. The first kappa shape index (κ1) is 16.1. The van der Waals surface area contributed by atoms with E-state index in [0.717, 1.165) is 37.8 Å². The first-order chi connectivity index (χ1) is 9.79. The van der Waals surface area contributed by atoms with E-state index in [1.807, 2.05) is 0 Å². The molecule has 0 N–H and O–H groups in total. The molecule has 0 radical (unpaired) electrons. The normalized spacial score (nSPS) is 23.3. The van der Waals surface area contributed by atoms with Crippen LogP contribution in [0.3, 0.4) is 0 Å². The molecule has 0 heterocycles. The molecule has 0 atom stereocenters. The zero-order valence-electron chi connectivity index (χ0n) is 12.4. The summed E-state index contributed by atoms with van der Waals surface area (Å²) in [6.07, 6.45) is -0.578. The second-order valence-corrected chi connectivity index (χ2v) is 6.30. The molecule has 0 aliphatic heterocycles. The number of Topliss-reactive ketones (excluding diaryl/α,β-unsaturated/α-hetero) is 1. The van der Waals surface area contributed by atoms with Gasteiger partial charge in [0.05, 0.1) is 5.56 Å². The number of benzene rings is 1. The van der Waals surface area contributed by atoms with Crippen molar-refractivity contribution in [2.45, 2.75) is 45.7 Å². The fourth-order valence-corrected chi connectivity index (χ4v) is 3.11. The van der Waals surface area contributed by atoms with E-state index in [4.69, 9.17) is 0 Å². The van der Waals surface area contributed by atoms with Gasteiger partial charge in [0, 0.05) is 11.5 Å². The molecule has 0 unspecified atom stereocenters. The maximum Gasteiger partial charge on any atom is 0.416 e. The van der Waals surface area contributed by atoms with Gasteiger partial charge in [-0.25, -0.2) is 0 Å². The Morgan fingerprint density at radius 3 is 2.00 bits per heavy atom. The molecule has 1 aliphatic rings. The molecule has 21 heavy (non-hydrogen) atoms. The van der Waals surface area contributed by atoms with Crippen LogP contribution >= 0.6 is 0 Å². The molecule has 1 saturated carbocycles. The van der Waals surface area contributed by atoms with E-state index in [2.05, 4.69) is 13.8 Å². The highest BCUT2D eigenvalue weighted by Gasteiger charge is 2.31. The molecule has 0 saturated heterocycles. The predicted octanol–water partition coefficient (Wildman–Crippen LogP) is 5.35. The molecule has 0 bridgehead atoms. The standard InChI is InChI=1S/C17H21F3O/c1-11(2)12-3-5-13(6-4-12)16(21)14-7-9-15(10-8-14)17(18,19)20/h7-13H,3-6H2,1-2H3. The monoisotopic (exact) mass is 298 g/mol. The number of alkyl halides is 3. The Hall–Kier alpha value is -1.32. The average Bonchev–Trinajstić information content (AvgIpc) is 2.46. The minimum absolute atomic E-state index is 0.00840. The molecule has 116 valence electrons. The molecule has 1 fully saturated rings. The quantitative estimate of drug-likeness (QED) is 0.687. The van der Waals surface area contributed by atoms with E-state index in [1.165, 1.54) is 12.1 Å². The maximum atomic E-state index is 12.5. The lowest BCUT2D eigenvalue weighted by atomic mass is 9.75. The van der Waals surface area contributed by atoms with Crippen LogP contribution in [-0.2, 0) is 6.18 Å². The summed E-state index contributed by atoms with van der Waals surface area (Å²) in [7, 11) is 0. The van der Waals surface area contributed by atoms with Crippen LogP contribution in [0.15, 0.2) is 24.3 Å². The van der Waals surface area contributed by atoms with Crippen LogP contribution in [0.2, 0.25) is 0 Å². The van der Waals surface area contributed by atoms with Crippen molar-refractivity contribution in [1.29, 1.82) is 0 Å². The minimum atomic E-state index is -4.35. The fraction of sp³-hybridized carbons (Fsp3) is 0.588. The van der Waals surface area contributed by atoms with Crippen LogP contribution in [-0.4, -0.2) is 5.78 Å². The Labute approximate surface area is 123 Å². The zero-order chi connectivity index (χ0) is 15.6. The number of hydrogen-bond acceptors (Lipinski definition) is 1. The lowest BCUT2D eigenvalue weighted by molar-refractivity contribution is -0.137. The summed E-state index contributed by atoms with van der Waals surface area (Å²) < 4.78 is 37.5. The Morgan fingerprint density at radius 1 is 1.05 bits per heavy atom. The van der Waals surface area contributed by atoms with Crippen molar-refractivity contribution in [2.75, 3.05) is 0 Å². The highest BCUT2D eigenvalue weighted by molar-refractivity contribution is 5.97. The molecule has 0 aromatic heterocycles. The van der Waals surface area contributed by atoms with Gasteiger partial charge in [0.1, 0.15) is 0 Å². The molecule has 0 amide bonds. The van der Waals surface area contributed by atoms with Gasteiger partial charge in [0.2, 0.25) is 0 Å². The molecule has 4 heteroatoms. The van der Waals surface area contributed by atoms with E-state index in [-0.39, 0.29) is 11.7 Å². The van der Waals surface area contributed by atoms with E-state index in [0.29, 0.717) is 17.4 Å². The largest absolute Gasteiger partial charge is 0.416 e. The van der Waals surface area contributed by atoms with Gasteiger partial charge in [-0.3, -0.25) is 4.79 Å². The van der Waals surface area contributed by atoms with Crippen LogP contribution in [0, 0.1) is 17.8 Å². The molecule has 1 nitrogen and oxygen atoms in total. The molecular weight excluding hydrogens is 277 g/mol. The summed E-state index contributed by atoms with van der Waals surface area (Å²) in [6, 6.07) is 4.60. The van der Waals surface area contributed by atoms with Gasteiger partial charge in [-0.1, -0.05) is 26.0 Å². The lowest BCUT2D eigenvalue weighted by Gasteiger charge is -2.30.